The molecule has 32 heteroatoms. The Hall–Kier alpha value is -9.15. The molecule has 7 aromatic heterocycles. The van der Waals surface area contributed by atoms with Crippen LogP contribution in [0.3, 0.4) is 0 Å². The zero-order valence-electron chi connectivity index (χ0n) is 53.4. The number of nitrogens with one attached hydrogen (secondary N) is 3. The Morgan fingerprint density at radius 3 is 1.91 bits per heavy atom. The van der Waals surface area contributed by atoms with Crippen molar-refractivity contribution in [1.29, 1.82) is 0 Å². The van der Waals surface area contributed by atoms with Crippen molar-refractivity contribution < 1.29 is 63.9 Å². The summed E-state index contributed by atoms with van der Waals surface area (Å²) < 4.78 is 0. The minimum atomic E-state index is -1.43. The van der Waals surface area contributed by atoms with Crippen molar-refractivity contribution in [2.45, 2.75) is 127 Å². The van der Waals surface area contributed by atoms with Crippen molar-refractivity contribution in [2.24, 2.45) is 11.7 Å². The lowest BCUT2D eigenvalue weighted by Crippen LogP contribution is -2.50. The van der Waals surface area contributed by atoms with Crippen LogP contribution in [-0.2, 0) is 25.6 Å². The number of carbonyl (C=O) groups excluding carboxylic acids is 6. The number of nitrogens with zero attached hydrogens (tertiary/aromatic N) is 9. The second-order valence-corrected chi connectivity index (χ2v) is 29.6. The van der Waals surface area contributed by atoms with Gasteiger partial charge in [-0.3, -0.25) is 38.4 Å². The first-order chi connectivity index (χ1) is 47.7. The number of nitrogens with two attached hydrogens (primary N) is 1. The van der Waals surface area contributed by atoms with E-state index in [1.807, 2.05) is 6.92 Å². The molecule has 9 aromatic rings. The molecule has 2 aromatic carbocycles. The van der Waals surface area contributed by atoms with Gasteiger partial charge < -0.3 is 57.0 Å². The number of phenols is 1. The first-order valence-electron chi connectivity index (χ1n) is 31.9. The Morgan fingerprint density at radius 2 is 1.21 bits per heavy atom. The Labute approximate surface area is 591 Å². The molecule has 10 bridgehead atoms. The van der Waals surface area contributed by atoms with E-state index in [-0.39, 0.29) is 70.3 Å². The molecule has 2 aliphatic rings. The van der Waals surface area contributed by atoms with Crippen LogP contribution in [0.25, 0.3) is 43.4 Å². The van der Waals surface area contributed by atoms with Crippen LogP contribution < -0.4 is 21.7 Å². The van der Waals surface area contributed by atoms with E-state index >= 15 is 4.79 Å². The number of amides is 6. The number of hydrogen-bond acceptors (Lipinski definition) is 24. The third kappa shape index (κ3) is 17.3. The number of pyridine rings is 1. The number of aromatic nitrogens is 7. The average Bonchev–Trinajstić information content (AvgIpc) is 1.63. The summed E-state index contributed by atoms with van der Waals surface area (Å²) in [7, 11) is 0. The highest BCUT2D eigenvalue weighted by molar-refractivity contribution is 7.15. The number of rotatable bonds is 22. The molecule has 0 saturated carbocycles. The van der Waals surface area contributed by atoms with E-state index in [0.717, 1.165) is 34.0 Å². The first kappa shape index (κ1) is 71.1. The molecule has 10 N–H and O–H groups in total. The number of primary amides is 1. The maximum atomic E-state index is 15.3. The fourth-order valence-electron chi connectivity index (χ4n) is 11.6. The molecule has 6 amide bonds. The van der Waals surface area contributed by atoms with E-state index in [1.54, 1.807) is 82.6 Å². The molecule has 0 radical (unpaired) electrons. The molecule has 516 valence electrons. The molecule has 99 heavy (non-hydrogen) atoms. The number of aryl methyl sites for hydroxylation is 1. The van der Waals surface area contributed by atoms with Gasteiger partial charge in [0.05, 0.1) is 30.3 Å². The van der Waals surface area contributed by atoms with Crippen molar-refractivity contribution in [2.75, 3.05) is 19.6 Å². The number of aliphatic carboxylic acids is 2. The van der Waals surface area contributed by atoms with Gasteiger partial charge in [0, 0.05) is 82.2 Å². The number of fused-ring (bicyclic) bond motifs is 16. The van der Waals surface area contributed by atoms with Crippen LogP contribution in [0.4, 0.5) is 0 Å². The molecule has 0 spiro atoms. The summed E-state index contributed by atoms with van der Waals surface area (Å²) in [6.45, 7) is 4.13. The quantitative estimate of drug-likeness (QED) is 0.0285. The van der Waals surface area contributed by atoms with Crippen LogP contribution in [0, 0.1) is 12.8 Å². The monoisotopic (exact) mass is 1460 g/mol. The highest BCUT2D eigenvalue weighted by Gasteiger charge is 2.46. The highest BCUT2D eigenvalue weighted by Crippen LogP contribution is 2.43. The molecule has 11 rings (SSSR count). The van der Waals surface area contributed by atoms with Gasteiger partial charge in [0.2, 0.25) is 11.8 Å². The van der Waals surface area contributed by atoms with Crippen molar-refractivity contribution >= 4 is 115 Å². The van der Waals surface area contributed by atoms with Crippen molar-refractivity contribution in [3.63, 3.8) is 0 Å². The van der Waals surface area contributed by atoms with Gasteiger partial charge in [0.1, 0.15) is 93.8 Å². The summed E-state index contributed by atoms with van der Waals surface area (Å²) in [5.74, 6) is -6.17. The maximum Gasteiger partial charge on any atom is 0.303 e. The number of unbranched alkanes of at least 4 members (excludes halogenated alkanes) is 6. The van der Waals surface area contributed by atoms with Crippen molar-refractivity contribution in [1.82, 2.24) is 60.6 Å². The maximum absolute atomic E-state index is 15.3. The molecule has 26 nitrogen and oxygen atoms in total. The molecule has 0 aliphatic carbocycles. The fraction of sp³-hybridized carbons (Fsp3) is 0.358. The van der Waals surface area contributed by atoms with Crippen LogP contribution in [0.2, 0.25) is 0 Å². The topological polar surface area (TPSA) is 397 Å². The second kappa shape index (κ2) is 32.2. The molecule has 7 atom stereocenters. The van der Waals surface area contributed by atoms with Crippen LogP contribution in [0.1, 0.15) is 175 Å². The predicted molar refractivity (Wildman–Crippen MR) is 373 cm³/mol. The summed E-state index contributed by atoms with van der Waals surface area (Å²) in [4.78, 5) is 146. The molecular weight excluding hydrogens is 1390 g/mol. The van der Waals surface area contributed by atoms with E-state index < -0.39 is 90.2 Å². The Morgan fingerprint density at radius 1 is 0.616 bits per heavy atom. The van der Waals surface area contributed by atoms with Gasteiger partial charge in [0.15, 0.2) is 0 Å². The number of carboxylic acid groups (broad SMARTS) is 2. The van der Waals surface area contributed by atoms with Gasteiger partial charge in [-0.05, 0) is 68.0 Å². The summed E-state index contributed by atoms with van der Waals surface area (Å²) >= 11 is 6.86. The molecule has 2 aliphatic heterocycles. The van der Waals surface area contributed by atoms with Crippen LogP contribution in [-0.4, -0.2) is 149 Å². The number of aliphatic hydroxyl groups excluding tert-OH is 2. The number of aromatic hydroxyl groups is 1. The summed E-state index contributed by atoms with van der Waals surface area (Å²) in [5, 5.41) is 70.9. The van der Waals surface area contributed by atoms with Gasteiger partial charge in [-0.15, -0.1) is 68.0 Å². The zero-order chi connectivity index (χ0) is 70.0. The van der Waals surface area contributed by atoms with E-state index in [4.69, 9.17) is 40.9 Å². The minimum absolute atomic E-state index is 0.0149. The third-order valence-electron chi connectivity index (χ3n) is 16.9. The number of hydrogen-bond donors (Lipinski definition) is 9. The summed E-state index contributed by atoms with van der Waals surface area (Å²) in [5.41, 5.74) is 8.64. The Bertz CT molecular complexity index is 4390. The van der Waals surface area contributed by atoms with Gasteiger partial charge in [-0.25, -0.2) is 34.9 Å². The molecular formula is C67H69N13O13S6. The number of phenolic OH excluding ortho intramolecular Hbond substituents is 1. The Kier molecular flexibility index (Phi) is 23.2. The number of carbonyl (C=O) groups is 8. The molecule has 9 heterocycles. The van der Waals surface area contributed by atoms with Crippen LogP contribution in [0.15, 0.2) is 93.6 Å². The van der Waals surface area contributed by atoms with Gasteiger partial charge in [-0.1, -0.05) is 75.1 Å². The lowest BCUT2D eigenvalue weighted by atomic mass is 10.00. The zero-order valence-corrected chi connectivity index (χ0v) is 58.3. The van der Waals surface area contributed by atoms with E-state index in [9.17, 15) is 48.9 Å². The predicted octanol–water partition coefficient (Wildman–Crippen LogP) is 9.80. The van der Waals surface area contributed by atoms with E-state index in [1.165, 1.54) is 61.8 Å². The SMILES string of the molecule is Cc1sc2nc1C(=O)N[C@@H]([C@H](O)c1ccccc1)c1nc(cs1)C(=O)N[C@@H](Cc1ccc(O)cc1)C(=O)N1C[C@H](O)[C@H](C)[C@H]1c1nc(cs1)-c1nc(cs1)-c1nc(-c3nc(C(=O)N(CCCCCCC(=O)O)CCCCCCC(=O)O)cs3)ccc1-c1nc(cs1)C(=O)N[C@H]2CC(N)=O. The van der Waals surface area contributed by atoms with Crippen LogP contribution in [0.5, 0.6) is 5.75 Å². The Balaban J connectivity index is 0.965. The minimum Gasteiger partial charge on any atom is -0.508 e. The van der Waals surface area contributed by atoms with Gasteiger partial charge >= 0.3 is 11.9 Å². The number of thiazole rings is 6. The highest BCUT2D eigenvalue weighted by atomic mass is 32.1. The molecule has 1 fully saturated rings. The summed E-state index contributed by atoms with van der Waals surface area (Å²) in [6, 6.07) is 13.6. The van der Waals surface area contributed by atoms with Gasteiger partial charge in [-0.2, -0.15) is 0 Å². The smallest absolute Gasteiger partial charge is 0.303 e. The number of carboxylic acids is 2. The molecule has 0 unspecified atom stereocenters. The lowest BCUT2D eigenvalue weighted by molar-refractivity contribution is -0.138. The van der Waals surface area contributed by atoms with E-state index in [2.05, 4.69) is 25.9 Å². The largest absolute Gasteiger partial charge is 0.508 e. The van der Waals surface area contributed by atoms with Crippen molar-refractivity contribution in [3.05, 3.63) is 147 Å². The second-order valence-electron chi connectivity index (χ2n) is 24.0. The fourth-order valence-corrected chi connectivity index (χ4v) is 16.9. The van der Waals surface area contributed by atoms with Crippen LogP contribution >= 0.6 is 68.0 Å². The lowest BCUT2D eigenvalue weighted by Gasteiger charge is -2.29. The standard InChI is InChI=1S/C67H69N13O13S6/c1-34-48(82)28-80-55(34)65-75-46(32-98-65)62-72-43(29-95-62)53-39(22-23-40(69-53)61-76-47(33-96-61)66(92)79(24-12-5-3-10-16-50(84)85)25-13-6-4-11-17-51(86)87)60-73-44(30-94-60)57(89)70-41(27-49(68)83)63-78-52(35(2)99-63)59(91)77-54(56(88)37-14-8-7-9-15-37)64-74-45(31-97-64)58(90)71-42(67(80)93)26-36-18-20-38(81)21-19-36/h7-9,14-15,18-23,29-34,41-42,48,54-56,81-82,88H,3-6,10-13,16-17,24-28H2,1-2H3,(H2,68,83)(H,70,89)(H,71,90)(H,77,91)(H,84,85)(H,86,87)/t34-,41-,42-,48-,54-,55-,56+/m0/s1. The number of aliphatic hydroxyl groups is 2. The third-order valence-corrected chi connectivity index (χ3v) is 22.4. The molecule has 1 saturated heterocycles. The normalized spacial score (nSPS) is 18.4. The average molecular weight is 1460 g/mol. The van der Waals surface area contributed by atoms with Gasteiger partial charge in [0.25, 0.3) is 23.6 Å². The first-order valence-corrected chi connectivity index (χ1v) is 37.1. The number of benzene rings is 2. The van der Waals surface area contributed by atoms with E-state index in [0.29, 0.717) is 129 Å². The summed E-state index contributed by atoms with van der Waals surface area (Å²) in [6.07, 6.45) is 2.31. The van der Waals surface area contributed by atoms with Crippen molar-refractivity contribution in [3.8, 4) is 49.1 Å².